The van der Waals surface area contributed by atoms with Crippen LogP contribution in [0.2, 0.25) is 0 Å². The number of hydrogen-bond acceptors (Lipinski definition) is 4. The standard InChI is InChI=1S/C17H23FN2O3.ClH/c1-17(19)5-3-2-4-14(17)16(21)20-8-11-6-13(18)7-12-9-22-10-23-15(11)12;/h6-7,14H,2-5,8-10,19H2,1H3,(H,20,21);1H. The topological polar surface area (TPSA) is 73.6 Å². The maximum atomic E-state index is 13.7. The number of fused-ring (bicyclic) bond motifs is 1. The van der Waals surface area contributed by atoms with E-state index in [0.717, 1.165) is 25.7 Å². The molecule has 0 saturated heterocycles. The lowest BCUT2D eigenvalue weighted by molar-refractivity contribution is -0.128. The fourth-order valence-electron chi connectivity index (χ4n) is 3.48. The molecule has 2 unspecified atom stereocenters. The average molecular weight is 359 g/mol. The lowest BCUT2D eigenvalue weighted by atomic mass is 9.74. The van der Waals surface area contributed by atoms with Crippen LogP contribution in [-0.2, 0) is 22.7 Å². The Bertz CT molecular complexity index is 610. The zero-order valence-corrected chi connectivity index (χ0v) is 14.6. The normalized spacial score (nSPS) is 25.9. The van der Waals surface area contributed by atoms with Crippen LogP contribution >= 0.6 is 12.4 Å². The van der Waals surface area contributed by atoms with Gasteiger partial charge in [0, 0.05) is 23.2 Å². The number of amides is 1. The van der Waals surface area contributed by atoms with E-state index in [-0.39, 0.29) is 43.4 Å². The lowest BCUT2D eigenvalue weighted by Gasteiger charge is -2.37. The first-order valence-corrected chi connectivity index (χ1v) is 8.06. The van der Waals surface area contributed by atoms with E-state index in [0.29, 0.717) is 23.5 Å². The molecule has 1 fully saturated rings. The predicted molar refractivity (Wildman–Crippen MR) is 90.3 cm³/mol. The summed E-state index contributed by atoms with van der Waals surface area (Å²) in [6.07, 6.45) is 3.72. The SMILES string of the molecule is CC1(N)CCCCC1C(=O)NCc1cc(F)cc2c1OCOC2.Cl. The molecule has 1 aromatic carbocycles. The van der Waals surface area contributed by atoms with Gasteiger partial charge in [-0.25, -0.2) is 4.39 Å². The van der Waals surface area contributed by atoms with Gasteiger partial charge in [0.05, 0.1) is 12.5 Å². The van der Waals surface area contributed by atoms with Gasteiger partial charge in [0.2, 0.25) is 5.91 Å². The first-order chi connectivity index (χ1) is 11.0. The predicted octanol–water partition coefficient (Wildman–Crippen LogP) is 2.64. The van der Waals surface area contributed by atoms with E-state index in [9.17, 15) is 9.18 Å². The van der Waals surface area contributed by atoms with Crippen molar-refractivity contribution in [2.75, 3.05) is 6.79 Å². The van der Waals surface area contributed by atoms with Crippen LogP contribution in [0.15, 0.2) is 12.1 Å². The second kappa shape index (κ2) is 7.68. The number of nitrogens with one attached hydrogen (secondary N) is 1. The van der Waals surface area contributed by atoms with E-state index in [1.807, 2.05) is 6.92 Å². The molecule has 1 saturated carbocycles. The molecule has 1 aromatic rings. The van der Waals surface area contributed by atoms with Gasteiger partial charge in [0.15, 0.2) is 6.79 Å². The molecule has 1 aliphatic heterocycles. The Labute approximate surface area is 147 Å². The molecule has 24 heavy (non-hydrogen) atoms. The molecule has 0 spiro atoms. The summed E-state index contributed by atoms with van der Waals surface area (Å²) in [6, 6.07) is 2.80. The first-order valence-electron chi connectivity index (χ1n) is 8.06. The molecule has 2 atom stereocenters. The van der Waals surface area contributed by atoms with E-state index in [2.05, 4.69) is 5.32 Å². The monoisotopic (exact) mass is 358 g/mol. The van der Waals surface area contributed by atoms with Crippen molar-refractivity contribution in [1.82, 2.24) is 5.32 Å². The first kappa shape index (κ1) is 19.0. The highest BCUT2D eigenvalue weighted by Gasteiger charge is 2.37. The van der Waals surface area contributed by atoms with Crippen molar-refractivity contribution in [2.24, 2.45) is 11.7 Å². The molecular weight excluding hydrogens is 335 g/mol. The molecule has 7 heteroatoms. The number of halogens is 2. The van der Waals surface area contributed by atoms with Gasteiger partial charge in [-0.05, 0) is 31.9 Å². The summed E-state index contributed by atoms with van der Waals surface area (Å²) in [6.45, 7) is 2.62. The van der Waals surface area contributed by atoms with Gasteiger partial charge in [-0.3, -0.25) is 4.79 Å². The summed E-state index contributed by atoms with van der Waals surface area (Å²) in [5, 5.41) is 2.90. The molecular formula is C17H24ClFN2O3. The minimum atomic E-state index is -0.478. The van der Waals surface area contributed by atoms with Crippen molar-refractivity contribution in [3.8, 4) is 5.75 Å². The Morgan fingerprint density at radius 2 is 2.25 bits per heavy atom. The molecule has 3 rings (SSSR count). The number of ether oxygens (including phenoxy) is 2. The molecule has 0 bridgehead atoms. The summed E-state index contributed by atoms with van der Waals surface area (Å²) in [5.74, 6) is -0.0230. The zero-order chi connectivity index (χ0) is 16.4. The number of rotatable bonds is 3. The number of carbonyl (C=O) groups is 1. The summed E-state index contributed by atoms with van der Waals surface area (Å²) < 4.78 is 24.3. The van der Waals surface area contributed by atoms with Gasteiger partial charge < -0.3 is 20.5 Å². The Balaban J connectivity index is 0.00000208. The van der Waals surface area contributed by atoms with E-state index in [4.69, 9.17) is 15.2 Å². The van der Waals surface area contributed by atoms with Gasteiger partial charge in [-0.2, -0.15) is 0 Å². The van der Waals surface area contributed by atoms with Crippen molar-refractivity contribution in [3.05, 3.63) is 29.1 Å². The molecule has 1 heterocycles. The van der Waals surface area contributed by atoms with Gasteiger partial charge in [-0.1, -0.05) is 12.8 Å². The largest absolute Gasteiger partial charge is 0.467 e. The number of carbonyl (C=O) groups excluding carboxylic acids is 1. The van der Waals surface area contributed by atoms with E-state index < -0.39 is 5.54 Å². The summed E-state index contributed by atoms with van der Waals surface area (Å²) in [7, 11) is 0. The third-order valence-electron chi connectivity index (χ3n) is 4.78. The van der Waals surface area contributed by atoms with Crippen LogP contribution in [0.3, 0.4) is 0 Å². The van der Waals surface area contributed by atoms with Gasteiger partial charge >= 0.3 is 0 Å². The van der Waals surface area contributed by atoms with Crippen molar-refractivity contribution < 1.29 is 18.7 Å². The van der Waals surface area contributed by atoms with Crippen LogP contribution in [-0.4, -0.2) is 18.2 Å². The minimum absolute atomic E-state index is 0. The Morgan fingerprint density at radius 1 is 1.46 bits per heavy atom. The van der Waals surface area contributed by atoms with Crippen LogP contribution in [0.1, 0.15) is 43.7 Å². The number of hydrogen-bond donors (Lipinski definition) is 2. The molecule has 5 nitrogen and oxygen atoms in total. The molecule has 1 amide bonds. The lowest BCUT2D eigenvalue weighted by Crippen LogP contribution is -2.52. The van der Waals surface area contributed by atoms with Crippen LogP contribution in [0.5, 0.6) is 5.75 Å². The number of benzene rings is 1. The van der Waals surface area contributed by atoms with E-state index in [1.54, 1.807) is 0 Å². The fraction of sp³-hybridized carbons (Fsp3) is 0.588. The maximum Gasteiger partial charge on any atom is 0.225 e. The summed E-state index contributed by atoms with van der Waals surface area (Å²) in [4.78, 5) is 12.5. The molecule has 3 N–H and O–H groups in total. The summed E-state index contributed by atoms with van der Waals surface area (Å²) >= 11 is 0. The highest BCUT2D eigenvalue weighted by Crippen LogP contribution is 2.32. The van der Waals surface area contributed by atoms with Crippen LogP contribution in [0.25, 0.3) is 0 Å². The average Bonchev–Trinajstić information content (AvgIpc) is 2.51. The van der Waals surface area contributed by atoms with Crippen LogP contribution < -0.4 is 15.8 Å². The van der Waals surface area contributed by atoms with Crippen molar-refractivity contribution >= 4 is 18.3 Å². The van der Waals surface area contributed by atoms with Crippen molar-refractivity contribution in [3.63, 3.8) is 0 Å². The molecule has 1 aliphatic carbocycles. The van der Waals surface area contributed by atoms with E-state index in [1.165, 1.54) is 12.1 Å². The fourth-order valence-corrected chi connectivity index (χ4v) is 3.48. The third-order valence-corrected chi connectivity index (χ3v) is 4.78. The second-order valence-corrected chi connectivity index (χ2v) is 6.69. The second-order valence-electron chi connectivity index (χ2n) is 6.69. The van der Waals surface area contributed by atoms with E-state index >= 15 is 0 Å². The van der Waals surface area contributed by atoms with Crippen LogP contribution in [0, 0.1) is 11.7 Å². The van der Waals surface area contributed by atoms with Crippen LogP contribution in [0.4, 0.5) is 4.39 Å². The maximum absolute atomic E-state index is 13.7. The van der Waals surface area contributed by atoms with Gasteiger partial charge in [-0.15, -0.1) is 12.4 Å². The Hall–Kier alpha value is -1.37. The van der Waals surface area contributed by atoms with Gasteiger partial charge in [0.1, 0.15) is 11.6 Å². The minimum Gasteiger partial charge on any atom is -0.467 e. The quantitative estimate of drug-likeness (QED) is 0.871. The zero-order valence-electron chi connectivity index (χ0n) is 13.8. The molecule has 134 valence electrons. The molecule has 0 radical (unpaired) electrons. The Morgan fingerprint density at radius 3 is 3.00 bits per heavy atom. The van der Waals surface area contributed by atoms with Crippen molar-refractivity contribution in [1.29, 1.82) is 0 Å². The third kappa shape index (κ3) is 3.99. The highest BCUT2D eigenvalue weighted by molar-refractivity contribution is 5.85. The smallest absolute Gasteiger partial charge is 0.225 e. The summed E-state index contributed by atoms with van der Waals surface area (Å²) in [5.41, 5.74) is 7.09. The Kier molecular flexibility index (Phi) is 6.06. The highest BCUT2D eigenvalue weighted by atomic mass is 35.5. The van der Waals surface area contributed by atoms with Gasteiger partial charge in [0.25, 0.3) is 0 Å². The molecule has 2 aliphatic rings. The number of nitrogens with two attached hydrogens (primary N) is 1. The van der Waals surface area contributed by atoms with Crippen molar-refractivity contribution in [2.45, 2.75) is 51.3 Å². The molecule has 0 aromatic heterocycles.